The van der Waals surface area contributed by atoms with Gasteiger partial charge in [0.25, 0.3) is 0 Å². The summed E-state index contributed by atoms with van der Waals surface area (Å²) < 4.78 is 13.3. The van der Waals surface area contributed by atoms with Gasteiger partial charge < -0.3 is 0 Å². The number of nitrogens with zero attached hydrogens (tertiary/aromatic N) is 2. The van der Waals surface area contributed by atoms with Crippen molar-refractivity contribution < 1.29 is 4.39 Å². The zero-order valence-electron chi connectivity index (χ0n) is 16.1. The number of benzene rings is 3. The van der Waals surface area contributed by atoms with Crippen molar-refractivity contribution in [1.29, 1.82) is 0 Å². The van der Waals surface area contributed by atoms with Gasteiger partial charge >= 0.3 is 0 Å². The Morgan fingerprint density at radius 3 is 2.17 bits per heavy atom. The highest BCUT2D eigenvalue weighted by Gasteiger charge is 2.32. The molecule has 0 aromatic heterocycles. The molecule has 0 aliphatic carbocycles. The van der Waals surface area contributed by atoms with Crippen LogP contribution in [0.2, 0.25) is 10.0 Å². The van der Waals surface area contributed by atoms with E-state index in [0.29, 0.717) is 0 Å². The molecule has 0 spiro atoms. The maximum atomic E-state index is 13.3. The maximum absolute atomic E-state index is 13.3. The van der Waals surface area contributed by atoms with Crippen molar-refractivity contribution in [3.05, 3.63) is 105 Å². The third kappa shape index (κ3) is 4.99. The molecular weight excluding hydrogens is 406 g/mol. The Bertz CT molecular complexity index is 961. The molecule has 0 saturated carbocycles. The van der Waals surface area contributed by atoms with Crippen LogP contribution in [0.15, 0.2) is 72.8 Å². The lowest BCUT2D eigenvalue weighted by molar-refractivity contribution is -0.00903. The molecule has 0 N–H and O–H groups in total. The molecule has 0 amide bonds. The molecule has 3 aromatic rings. The molecule has 1 saturated heterocycles. The Kier molecular flexibility index (Phi) is 6.51. The number of hydrogen-bond acceptors (Lipinski definition) is 2. The van der Waals surface area contributed by atoms with Crippen molar-refractivity contribution in [2.75, 3.05) is 13.1 Å². The topological polar surface area (TPSA) is 6.48 Å². The summed E-state index contributed by atoms with van der Waals surface area (Å²) in [6.07, 6.45) is 1.10. The number of rotatable bonds is 5. The van der Waals surface area contributed by atoms with Crippen molar-refractivity contribution in [2.45, 2.75) is 25.7 Å². The third-order valence-electron chi connectivity index (χ3n) is 5.34. The molecule has 0 radical (unpaired) electrons. The van der Waals surface area contributed by atoms with Gasteiger partial charge in [-0.1, -0.05) is 65.7 Å². The van der Waals surface area contributed by atoms with E-state index in [9.17, 15) is 4.39 Å². The lowest BCUT2D eigenvalue weighted by atomic mass is 10.0. The molecule has 29 heavy (non-hydrogen) atoms. The van der Waals surface area contributed by atoms with Crippen molar-refractivity contribution in [2.24, 2.45) is 0 Å². The molecular formula is C24H23Cl2FN2. The fraction of sp³-hybridized carbons (Fsp3) is 0.250. The van der Waals surface area contributed by atoms with Crippen LogP contribution in [0.3, 0.4) is 0 Å². The predicted molar refractivity (Wildman–Crippen MR) is 117 cm³/mol. The summed E-state index contributed by atoms with van der Waals surface area (Å²) in [7, 11) is 0. The molecule has 1 atom stereocenters. The number of hydrogen-bond donors (Lipinski definition) is 0. The minimum atomic E-state index is -0.211. The summed E-state index contributed by atoms with van der Waals surface area (Å²) in [5.74, 6) is -0.211. The first-order chi connectivity index (χ1) is 14.1. The minimum absolute atomic E-state index is 0.0430. The van der Waals surface area contributed by atoms with Crippen LogP contribution in [0.5, 0.6) is 0 Å². The SMILES string of the molecule is Fc1ccc(CN2CCCN(Cc3cccc(Cl)c3)C2c2ccccc2Cl)cc1. The number of halogens is 3. The van der Waals surface area contributed by atoms with Gasteiger partial charge in [0.15, 0.2) is 0 Å². The summed E-state index contributed by atoms with van der Waals surface area (Å²) in [5.41, 5.74) is 3.37. The van der Waals surface area contributed by atoms with E-state index in [1.54, 1.807) is 0 Å². The second-order valence-corrected chi connectivity index (χ2v) is 8.29. The van der Waals surface area contributed by atoms with Crippen LogP contribution in [0, 0.1) is 5.82 Å². The molecule has 1 heterocycles. The minimum Gasteiger partial charge on any atom is -0.280 e. The molecule has 1 aliphatic rings. The van der Waals surface area contributed by atoms with E-state index in [-0.39, 0.29) is 12.0 Å². The van der Waals surface area contributed by atoms with Gasteiger partial charge in [-0.25, -0.2) is 4.39 Å². The highest BCUT2D eigenvalue weighted by atomic mass is 35.5. The summed E-state index contributed by atoms with van der Waals surface area (Å²) in [6, 6.07) is 22.8. The quantitative estimate of drug-likeness (QED) is 0.455. The van der Waals surface area contributed by atoms with E-state index >= 15 is 0 Å². The van der Waals surface area contributed by atoms with Crippen LogP contribution in [-0.4, -0.2) is 22.9 Å². The van der Waals surface area contributed by atoms with Gasteiger partial charge in [0.05, 0.1) is 6.17 Å². The van der Waals surface area contributed by atoms with Gasteiger partial charge in [-0.05, 0) is 47.9 Å². The van der Waals surface area contributed by atoms with Crippen molar-refractivity contribution in [1.82, 2.24) is 9.80 Å². The third-order valence-corrected chi connectivity index (χ3v) is 5.92. The highest BCUT2D eigenvalue weighted by molar-refractivity contribution is 6.31. The smallest absolute Gasteiger partial charge is 0.123 e. The molecule has 4 rings (SSSR count). The van der Waals surface area contributed by atoms with Crippen molar-refractivity contribution in [3.8, 4) is 0 Å². The molecule has 3 aromatic carbocycles. The van der Waals surface area contributed by atoms with Crippen LogP contribution in [-0.2, 0) is 13.1 Å². The molecule has 0 bridgehead atoms. The molecule has 2 nitrogen and oxygen atoms in total. The molecule has 150 valence electrons. The molecule has 1 unspecified atom stereocenters. The van der Waals surface area contributed by atoms with Gasteiger partial charge in [0, 0.05) is 41.8 Å². The van der Waals surface area contributed by atoms with Gasteiger partial charge in [0.1, 0.15) is 5.82 Å². The molecule has 5 heteroatoms. The second-order valence-electron chi connectivity index (χ2n) is 7.45. The van der Waals surface area contributed by atoms with Crippen molar-refractivity contribution >= 4 is 23.2 Å². The van der Waals surface area contributed by atoms with E-state index in [0.717, 1.165) is 53.8 Å². The van der Waals surface area contributed by atoms with Gasteiger partial charge in [-0.2, -0.15) is 0 Å². The first-order valence-corrected chi connectivity index (χ1v) is 10.6. The van der Waals surface area contributed by atoms with Gasteiger partial charge in [0.2, 0.25) is 0 Å². The Morgan fingerprint density at radius 2 is 1.48 bits per heavy atom. The Balaban J connectivity index is 1.66. The van der Waals surface area contributed by atoms with Gasteiger partial charge in [-0.3, -0.25) is 9.80 Å². The standard InChI is InChI=1S/C24H23Cl2FN2/c25-20-6-3-5-19(15-20)17-29-14-4-13-28(16-18-9-11-21(27)12-10-18)24(29)22-7-1-2-8-23(22)26/h1-3,5-12,15,24H,4,13-14,16-17H2. The average molecular weight is 429 g/mol. The van der Waals surface area contributed by atoms with Crippen LogP contribution in [0.25, 0.3) is 0 Å². The fourth-order valence-corrected chi connectivity index (χ4v) is 4.50. The second kappa shape index (κ2) is 9.27. The van der Waals surface area contributed by atoms with Crippen molar-refractivity contribution in [3.63, 3.8) is 0 Å². The molecule has 1 aliphatic heterocycles. The molecule has 1 fully saturated rings. The Morgan fingerprint density at radius 1 is 0.793 bits per heavy atom. The first-order valence-electron chi connectivity index (χ1n) is 9.81. The normalized spacial score (nSPS) is 18.1. The monoisotopic (exact) mass is 428 g/mol. The van der Waals surface area contributed by atoms with E-state index in [4.69, 9.17) is 23.2 Å². The zero-order valence-corrected chi connectivity index (χ0v) is 17.6. The fourth-order valence-electron chi connectivity index (χ4n) is 4.06. The van der Waals surface area contributed by atoms with Crippen LogP contribution >= 0.6 is 23.2 Å². The van der Waals surface area contributed by atoms with E-state index in [1.807, 2.05) is 48.5 Å². The van der Waals surface area contributed by atoms with Crippen LogP contribution in [0.1, 0.15) is 29.3 Å². The van der Waals surface area contributed by atoms with E-state index < -0.39 is 0 Å². The summed E-state index contributed by atoms with van der Waals surface area (Å²) in [4.78, 5) is 4.86. The average Bonchev–Trinajstić information content (AvgIpc) is 2.71. The Labute approximate surface area is 181 Å². The predicted octanol–water partition coefficient (Wildman–Crippen LogP) is 6.54. The summed E-state index contributed by atoms with van der Waals surface area (Å²) in [5, 5.41) is 1.51. The van der Waals surface area contributed by atoms with Crippen LogP contribution in [0.4, 0.5) is 4.39 Å². The lowest BCUT2D eigenvalue weighted by Gasteiger charge is -2.44. The zero-order chi connectivity index (χ0) is 20.2. The Hall–Kier alpha value is -1.91. The first kappa shape index (κ1) is 20.4. The summed E-state index contributed by atoms with van der Waals surface area (Å²) in [6.45, 7) is 3.46. The summed E-state index contributed by atoms with van der Waals surface area (Å²) >= 11 is 12.8. The van der Waals surface area contributed by atoms with E-state index in [1.165, 1.54) is 17.7 Å². The highest BCUT2D eigenvalue weighted by Crippen LogP contribution is 2.35. The maximum Gasteiger partial charge on any atom is 0.123 e. The lowest BCUT2D eigenvalue weighted by Crippen LogP contribution is -2.47. The van der Waals surface area contributed by atoms with Crippen LogP contribution < -0.4 is 0 Å². The van der Waals surface area contributed by atoms with Gasteiger partial charge in [-0.15, -0.1) is 0 Å². The van der Waals surface area contributed by atoms with E-state index in [2.05, 4.69) is 21.9 Å². The largest absolute Gasteiger partial charge is 0.280 e.